The molecule has 0 unspecified atom stereocenters. The Morgan fingerprint density at radius 1 is 1.05 bits per heavy atom. The maximum atomic E-state index is 5.63. The quantitative estimate of drug-likeness (QED) is 0.758. The van der Waals surface area contributed by atoms with E-state index in [1.54, 1.807) is 18.2 Å². The van der Waals surface area contributed by atoms with E-state index in [2.05, 4.69) is 15.1 Å². The molecule has 0 amide bonds. The van der Waals surface area contributed by atoms with Crippen LogP contribution in [0.2, 0.25) is 0 Å². The number of pyridine rings is 1. The fraction of sp³-hybridized carbons (Fsp3) is 0.0714. The second-order valence-corrected chi connectivity index (χ2v) is 4.24. The summed E-state index contributed by atoms with van der Waals surface area (Å²) in [7, 11) is 0. The first-order valence-corrected chi connectivity index (χ1v) is 5.86. The van der Waals surface area contributed by atoms with Crippen molar-refractivity contribution in [3.8, 4) is 23.0 Å². The Balaban J connectivity index is 2.00. The van der Waals surface area contributed by atoms with Crippen LogP contribution < -0.4 is 5.73 Å². The Hall–Kier alpha value is -2.69. The molecule has 0 aliphatic carbocycles. The molecule has 0 aliphatic heterocycles. The summed E-state index contributed by atoms with van der Waals surface area (Å²) in [6.07, 6.45) is 0. The van der Waals surface area contributed by atoms with Crippen LogP contribution in [0.5, 0.6) is 0 Å². The van der Waals surface area contributed by atoms with Gasteiger partial charge in [-0.1, -0.05) is 35.0 Å². The molecule has 0 aliphatic rings. The number of benzene rings is 1. The van der Waals surface area contributed by atoms with E-state index in [1.165, 1.54) is 0 Å². The molecule has 19 heavy (non-hydrogen) atoms. The molecular weight excluding hydrogens is 240 g/mol. The van der Waals surface area contributed by atoms with Crippen molar-refractivity contribution in [2.75, 3.05) is 5.73 Å². The lowest BCUT2D eigenvalue weighted by Crippen LogP contribution is -1.91. The molecule has 0 saturated heterocycles. The summed E-state index contributed by atoms with van der Waals surface area (Å²) in [5.74, 6) is 1.33. The van der Waals surface area contributed by atoms with Crippen molar-refractivity contribution in [1.82, 2.24) is 15.1 Å². The van der Waals surface area contributed by atoms with Gasteiger partial charge in [0, 0.05) is 5.56 Å². The van der Waals surface area contributed by atoms with Crippen molar-refractivity contribution in [3.05, 3.63) is 48.0 Å². The van der Waals surface area contributed by atoms with Crippen molar-refractivity contribution < 1.29 is 4.52 Å². The average molecular weight is 252 g/mol. The molecule has 2 aromatic heterocycles. The molecule has 0 fully saturated rings. The average Bonchev–Trinajstić information content (AvgIpc) is 2.88. The van der Waals surface area contributed by atoms with E-state index in [0.717, 1.165) is 11.1 Å². The van der Waals surface area contributed by atoms with Gasteiger partial charge in [0.25, 0.3) is 5.89 Å². The van der Waals surface area contributed by atoms with Crippen LogP contribution in [-0.2, 0) is 0 Å². The molecule has 0 saturated carbocycles. The highest BCUT2D eigenvalue weighted by atomic mass is 16.5. The number of hydrogen-bond donors (Lipinski definition) is 1. The number of nitrogens with two attached hydrogens (primary N) is 1. The Morgan fingerprint density at radius 2 is 1.89 bits per heavy atom. The van der Waals surface area contributed by atoms with Crippen LogP contribution >= 0.6 is 0 Å². The fourth-order valence-electron chi connectivity index (χ4n) is 1.80. The number of anilines is 1. The zero-order chi connectivity index (χ0) is 13.2. The van der Waals surface area contributed by atoms with E-state index in [-0.39, 0.29) is 0 Å². The summed E-state index contributed by atoms with van der Waals surface area (Å²) in [5, 5.41) is 3.97. The first-order valence-electron chi connectivity index (χ1n) is 5.86. The van der Waals surface area contributed by atoms with E-state index in [9.17, 15) is 0 Å². The van der Waals surface area contributed by atoms with E-state index in [4.69, 9.17) is 10.3 Å². The van der Waals surface area contributed by atoms with Crippen LogP contribution in [0.3, 0.4) is 0 Å². The summed E-state index contributed by atoms with van der Waals surface area (Å²) in [5.41, 5.74) is 8.27. The highest BCUT2D eigenvalue weighted by Crippen LogP contribution is 2.21. The third-order valence-electron chi connectivity index (χ3n) is 2.69. The van der Waals surface area contributed by atoms with Crippen LogP contribution in [0.25, 0.3) is 23.0 Å². The van der Waals surface area contributed by atoms with Crippen LogP contribution in [0.15, 0.2) is 47.0 Å². The van der Waals surface area contributed by atoms with Crippen molar-refractivity contribution in [2.45, 2.75) is 6.92 Å². The summed E-state index contributed by atoms with van der Waals surface area (Å²) in [4.78, 5) is 8.49. The van der Waals surface area contributed by atoms with Gasteiger partial charge in [0.2, 0.25) is 5.82 Å². The van der Waals surface area contributed by atoms with Gasteiger partial charge in [-0.25, -0.2) is 4.98 Å². The molecule has 3 rings (SSSR count). The number of rotatable bonds is 2. The summed E-state index contributed by atoms with van der Waals surface area (Å²) in [6, 6.07) is 13.2. The molecular formula is C14H12N4O. The second kappa shape index (κ2) is 4.53. The molecule has 2 N–H and O–H groups in total. The molecule has 0 atom stereocenters. The molecule has 3 aromatic rings. The van der Waals surface area contributed by atoms with Gasteiger partial charge < -0.3 is 10.3 Å². The Bertz CT molecular complexity index is 661. The number of nitrogen functional groups attached to an aromatic ring is 1. The largest absolute Gasteiger partial charge is 0.384 e. The molecule has 2 heterocycles. The zero-order valence-electron chi connectivity index (χ0n) is 10.4. The van der Waals surface area contributed by atoms with E-state index in [1.807, 2.05) is 31.2 Å². The maximum Gasteiger partial charge on any atom is 0.276 e. The highest BCUT2D eigenvalue weighted by molar-refractivity contribution is 5.59. The van der Waals surface area contributed by atoms with E-state index >= 15 is 0 Å². The molecule has 0 spiro atoms. The molecule has 0 bridgehead atoms. The number of aryl methyl sites for hydroxylation is 1. The van der Waals surface area contributed by atoms with Crippen molar-refractivity contribution in [3.63, 3.8) is 0 Å². The van der Waals surface area contributed by atoms with Crippen LogP contribution in [0.4, 0.5) is 5.82 Å². The third-order valence-corrected chi connectivity index (χ3v) is 2.69. The Kier molecular flexibility index (Phi) is 2.72. The lowest BCUT2D eigenvalue weighted by Gasteiger charge is -1.95. The first kappa shape index (κ1) is 11.4. The van der Waals surface area contributed by atoms with Crippen LogP contribution in [0.1, 0.15) is 5.56 Å². The van der Waals surface area contributed by atoms with Gasteiger partial charge in [0.15, 0.2) is 0 Å². The molecule has 5 nitrogen and oxygen atoms in total. The van der Waals surface area contributed by atoms with Crippen molar-refractivity contribution in [2.24, 2.45) is 0 Å². The minimum Gasteiger partial charge on any atom is -0.384 e. The Labute approximate surface area is 110 Å². The number of nitrogens with zero attached hydrogens (tertiary/aromatic N) is 3. The minimum absolute atomic E-state index is 0.365. The maximum absolute atomic E-state index is 5.63. The van der Waals surface area contributed by atoms with Gasteiger partial charge >= 0.3 is 0 Å². The fourth-order valence-corrected chi connectivity index (χ4v) is 1.80. The lowest BCUT2D eigenvalue weighted by molar-refractivity contribution is 0.431. The summed E-state index contributed by atoms with van der Waals surface area (Å²) < 4.78 is 5.22. The van der Waals surface area contributed by atoms with Gasteiger partial charge in [0.1, 0.15) is 11.5 Å². The van der Waals surface area contributed by atoms with Gasteiger partial charge in [-0.3, -0.25) is 0 Å². The lowest BCUT2D eigenvalue weighted by atomic mass is 10.1. The number of hydrogen-bond acceptors (Lipinski definition) is 5. The van der Waals surface area contributed by atoms with Gasteiger partial charge in [-0.15, -0.1) is 0 Å². The molecule has 1 aromatic carbocycles. The SMILES string of the molecule is Cc1cccc(-c2noc(-c3cccc(N)n3)n2)c1. The smallest absolute Gasteiger partial charge is 0.276 e. The summed E-state index contributed by atoms with van der Waals surface area (Å²) in [6.45, 7) is 2.02. The van der Waals surface area contributed by atoms with Gasteiger partial charge in [0.05, 0.1) is 0 Å². The van der Waals surface area contributed by atoms with E-state index in [0.29, 0.717) is 23.2 Å². The van der Waals surface area contributed by atoms with Gasteiger partial charge in [-0.2, -0.15) is 4.98 Å². The topological polar surface area (TPSA) is 77.8 Å². The molecule has 94 valence electrons. The Morgan fingerprint density at radius 3 is 2.68 bits per heavy atom. The second-order valence-electron chi connectivity index (χ2n) is 4.24. The third kappa shape index (κ3) is 2.30. The predicted octanol–water partition coefficient (Wildman–Crippen LogP) is 2.69. The normalized spacial score (nSPS) is 10.6. The van der Waals surface area contributed by atoms with Crippen LogP contribution in [-0.4, -0.2) is 15.1 Å². The zero-order valence-corrected chi connectivity index (χ0v) is 10.4. The summed E-state index contributed by atoms with van der Waals surface area (Å²) >= 11 is 0. The molecule has 0 radical (unpaired) electrons. The molecule has 5 heteroatoms. The number of aromatic nitrogens is 3. The van der Waals surface area contributed by atoms with E-state index < -0.39 is 0 Å². The van der Waals surface area contributed by atoms with Crippen molar-refractivity contribution in [1.29, 1.82) is 0 Å². The first-order chi connectivity index (χ1) is 9.22. The van der Waals surface area contributed by atoms with Crippen molar-refractivity contribution >= 4 is 5.82 Å². The standard InChI is InChI=1S/C14H12N4O/c1-9-4-2-5-10(8-9)13-17-14(19-18-13)11-6-3-7-12(15)16-11/h2-8H,1H3,(H2,15,16). The van der Waals surface area contributed by atoms with Gasteiger partial charge in [-0.05, 0) is 25.1 Å². The monoisotopic (exact) mass is 252 g/mol. The minimum atomic E-state index is 0.365. The highest BCUT2D eigenvalue weighted by Gasteiger charge is 2.11. The predicted molar refractivity (Wildman–Crippen MR) is 72.1 cm³/mol. The van der Waals surface area contributed by atoms with Crippen LogP contribution in [0, 0.1) is 6.92 Å².